The predicted molar refractivity (Wildman–Crippen MR) is 63.3 cm³/mol. The van der Waals surface area contributed by atoms with Crippen molar-refractivity contribution >= 4 is 23.4 Å². The smallest absolute Gasteiger partial charge is 0.120 e. The molecular weight excluding hydrogens is 232 g/mol. The fourth-order valence-electron chi connectivity index (χ4n) is 2.08. The van der Waals surface area contributed by atoms with Crippen LogP contribution in [-0.2, 0) is 12.1 Å². The van der Waals surface area contributed by atoms with Crippen molar-refractivity contribution in [3.05, 3.63) is 16.9 Å². The van der Waals surface area contributed by atoms with Crippen molar-refractivity contribution in [3.8, 4) is 0 Å². The first kappa shape index (κ1) is 11.3. The number of rotatable bonds is 2. The zero-order valence-electron chi connectivity index (χ0n) is 8.90. The summed E-state index contributed by atoms with van der Waals surface area (Å²) in [6, 6.07) is 0. The van der Waals surface area contributed by atoms with Crippen molar-refractivity contribution in [1.29, 1.82) is 0 Å². The van der Waals surface area contributed by atoms with Crippen molar-refractivity contribution in [2.24, 2.45) is 0 Å². The van der Waals surface area contributed by atoms with E-state index in [-0.39, 0.29) is 5.25 Å². The van der Waals surface area contributed by atoms with E-state index < -0.39 is 5.60 Å². The van der Waals surface area contributed by atoms with Crippen molar-refractivity contribution in [2.45, 2.75) is 37.7 Å². The molecule has 2 atom stereocenters. The maximum atomic E-state index is 10.6. The lowest BCUT2D eigenvalue weighted by Crippen LogP contribution is -2.34. The van der Waals surface area contributed by atoms with Gasteiger partial charge in [-0.15, -0.1) is 0 Å². The lowest BCUT2D eigenvalue weighted by Gasteiger charge is -2.27. The Kier molecular flexibility index (Phi) is 3.01. The number of aromatic nitrogens is 2. The van der Waals surface area contributed by atoms with Gasteiger partial charge in [-0.2, -0.15) is 16.9 Å². The normalized spacial score (nSPS) is 31.1. The number of hydrogen-bond acceptors (Lipinski definition) is 3. The lowest BCUT2D eigenvalue weighted by atomic mass is 9.93. The van der Waals surface area contributed by atoms with Gasteiger partial charge < -0.3 is 5.11 Å². The van der Waals surface area contributed by atoms with Crippen LogP contribution in [0.4, 0.5) is 0 Å². The van der Waals surface area contributed by atoms with Crippen LogP contribution in [-0.4, -0.2) is 25.9 Å². The fraction of sp³-hybridized carbons (Fsp3) is 0.700. The molecule has 15 heavy (non-hydrogen) atoms. The zero-order chi connectivity index (χ0) is 11.1. The van der Waals surface area contributed by atoms with Gasteiger partial charge in [-0.05, 0) is 19.1 Å². The molecule has 0 aliphatic carbocycles. The summed E-state index contributed by atoms with van der Waals surface area (Å²) in [5, 5.41) is 15.6. The second-order valence-corrected chi connectivity index (χ2v) is 5.70. The summed E-state index contributed by atoms with van der Waals surface area (Å²) in [7, 11) is 0. The van der Waals surface area contributed by atoms with Gasteiger partial charge in [0.05, 0.1) is 16.9 Å². The SMILES string of the molecule is CCn1ncc(Cl)c1C1(O)CCSC1C. The molecule has 0 bridgehead atoms. The van der Waals surface area contributed by atoms with Crippen molar-refractivity contribution in [3.63, 3.8) is 0 Å². The third-order valence-electron chi connectivity index (χ3n) is 3.03. The van der Waals surface area contributed by atoms with E-state index in [4.69, 9.17) is 11.6 Å². The Bertz CT molecular complexity index is 368. The van der Waals surface area contributed by atoms with E-state index in [0.29, 0.717) is 5.02 Å². The monoisotopic (exact) mass is 246 g/mol. The van der Waals surface area contributed by atoms with Crippen LogP contribution in [0.3, 0.4) is 0 Å². The van der Waals surface area contributed by atoms with Crippen LogP contribution in [0.25, 0.3) is 0 Å². The highest BCUT2D eigenvalue weighted by molar-refractivity contribution is 8.00. The number of halogens is 1. The first-order chi connectivity index (χ1) is 7.09. The van der Waals surface area contributed by atoms with E-state index in [1.54, 1.807) is 22.6 Å². The largest absolute Gasteiger partial charge is 0.382 e. The van der Waals surface area contributed by atoms with E-state index >= 15 is 0 Å². The van der Waals surface area contributed by atoms with Gasteiger partial charge in [-0.1, -0.05) is 18.5 Å². The highest BCUT2D eigenvalue weighted by Crippen LogP contribution is 2.45. The van der Waals surface area contributed by atoms with Gasteiger partial charge in [0.2, 0.25) is 0 Å². The summed E-state index contributed by atoms with van der Waals surface area (Å²) in [6.07, 6.45) is 2.37. The van der Waals surface area contributed by atoms with Gasteiger partial charge >= 0.3 is 0 Å². The summed E-state index contributed by atoms with van der Waals surface area (Å²) >= 11 is 7.89. The molecule has 84 valence electrons. The van der Waals surface area contributed by atoms with E-state index in [1.807, 2.05) is 13.8 Å². The predicted octanol–water partition coefficient (Wildman–Crippen LogP) is 2.27. The molecule has 1 aliphatic heterocycles. The van der Waals surface area contributed by atoms with Crippen LogP contribution in [0.15, 0.2) is 6.20 Å². The first-order valence-electron chi connectivity index (χ1n) is 5.15. The molecule has 0 aromatic carbocycles. The maximum absolute atomic E-state index is 10.6. The number of hydrogen-bond donors (Lipinski definition) is 1. The molecule has 1 aliphatic rings. The van der Waals surface area contributed by atoms with E-state index in [1.165, 1.54) is 0 Å². The average molecular weight is 247 g/mol. The van der Waals surface area contributed by atoms with Crippen molar-refractivity contribution in [2.75, 3.05) is 5.75 Å². The molecule has 1 N–H and O–H groups in total. The Balaban J connectivity index is 2.47. The summed E-state index contributed by atoms with van der Waals surface area (Å²) in [5.74, 6) is 0.975. The minimum absolute atomic E-state index is 0.178. The Morgan fingerprint density at radius 1 is 1.80 bits per heavy atom. The van der Waals surface area contributed by atoms with Gasteiger partial charge in [0, 0.05) is 11.8 Å². The molecule has 0 amide bonds. The highest BCUT2D eigenvalue weighted by Gasteiger charge is 2.44. The second-order valence-electron chi connectivity index (χ2n) is 3.84. The molecule has 1 aromatic rings. The molecule has 5 heteroatoms. The Morgan fingerprint density at radius 3 is 3.07 bits per heavy atom. The van der Waals surface area contributed by atoms with Gasteiger partial charge in [0.25, 0.3) is 0 Å². The Hall–Kier alpha value is -0.190. The molecule has 2 heterocycles. The van der Waals surface area contributed by atoms with E-state index in [9.17, 15) is 5.11 Å². The van der Waals surface area contributed by atoms with Gasteiger partial charge in [0.1, 0.15) is 5.60 Å². The van der Waals surface area contributed by atoms with Crippen LogP contribution in [0.1, 0.15) is 26.0 Å². The van der Waals surface area contributed by atoms with Crippen molar-refractivity contribution in [1.82, 2.24) is 9.78 Å². The van der Waals surface area contributed by atoms with Crippen LogP contribution >= 0.6 is 23.4 Å². The molecule has 2 unspecified atom stereocenters. The quantitative estimate of drug-likeness (QED) is 0.870. The first-order valence-corrected chi connectivity index (χ1v) is 6.58. The van der Waals surface area contributed by atoms with Gasteiger partial charge in [-0.3, -0.25) is 4.68 Å². The molecular formula is C10H15ClN2OS. The highest BCUT2D eigenvalue weighted by atomic mass is 35.5. The van der Waals surface area contributed by atoms with E-state index in [0.717, 1.165) is 24.4 Å². The molecule has 3 nitrogen and oxygen atoms in total. The second kappa shape index (κ2) is 4.00. The van der Waals surface area contributed by atoms with Crippen LogP contribution < -0.4 is 0 Å². The van der Waals surface area contributed by atoms with Crippen LogP contribution in [0.2, 0.25) is 5.02 Å². The molecule has 0 radical (unpaired) electrons. The Morgan fingerprint density at radius 2 is 2.53 bits per heavy atom. The number of aryl methyl sites for hydroxylation is 1. The molecule has 0 spiro atoms. The van der Waals surface area contributed by atoms with E-state index in [2.05, 4.69) is 5.10 Å². The third kappa shape index (κ3) is 1.69. The average Bonchev–Trinajstić information content (AvgIpc) is 2.72. The minimum atomic E-state index is -0.811. The summed E-state index contributed by atoms with van der Waals surface area (Å²) in [4.78, 5) is 0. The Labute approximate surface area is 98.8 Å². The molecule has 2 rings (SSSR count). The lowest BCUT2D eigenvalue weighted by molar-refractivity contribution is 0.0336. The van der Waals surface area contributed by atoms with Crippen LogP contribution in [0.5, 0.6) is 0 Å². The van der Waals surface area contributed by atoms with Gasteiger partial charge in [0.15, 0.2) is 0 Å². The topological polar surface area (TPSA) is 38.0 Å². The van der Waals surface area contributed by atoms with Gasteiger partial charge in [-0.25, -0.2) is 0 Å². The molecule has 1 saturated heterocycles. The molecule has 1 fully saturated rings. The summed E-state index contributed by atoms with van der Waals surface area (Å²) in [5.41, 5.74) is -0.0296. The standard InChI is InChI=1S/C10H15ClN2OS/c1-3-13-9(8(11)6-12-13)10(14)4-5-15-7(10)2/h6-7,14H,3-5H2,1-2H3. The van der Waals surface area contributed by atoms with Crippen molar-refractivity contribution < 1.29 is 5.11 Å². The summed E-state index contributed by atoms with van der Waals surface area (Å²) in [6.45, 7) is 4.78. The molecule has 1 aromatic heterocycles. The zero-order valence-corrected chi connectivity index (χ0v) is 10.5. The number of nitrogens with zero attached hydrogens (tertiary/aromatic N) is 2. The number of thioether (sulfide) groups is 1. The molecule has 0 saturated carbocycles. The third-order valence-corrected chi connectivity index (χ3v) is 4.63. The van der Waals surface area contributed by atoms with Crippen LogP contribution in [0, 0.1) is 0 Å². The maximum Gasteiger partial charge on any atom is 0.120 e. The summed E-state index contributed by atoms with van der Waals surface area (Å²) < 4.78 is 1.80. The number of aliphatic hydroxyl groups is 1. The minimum Gasteiger partial charge on any atom is -0.382 e. The fourth-order valence-corrected chi connectivity index (χ4v) is 3.67.